The van der Waals surface area contributed by atoms with Gasteiger partial charge in [-0.25, -0.2) is 9.18 Å². The van der Waals surface area contributed by atoms with E-state index in [0.717, 1.165) is 44.2 Å². The summed E-state index contributed by atoms with van der Waals surface area (Å²) in [6, 6.07) is 8.29. The van der Waals surface area contributed by atoms with E-state index in [2.05, 4.69) is 22.8 Å². The van der Waals surface area contributed by atoms with Gasteiger partial charge >= 0.3 is 12.1 Å². The number of anilines is 1. The highest BCUT2D eigenvalue weighted by molar-refractivity contribution is 5.77. The molecule has 3 fully saturated rings. The summed E-state index contributed by atoms with van der Waals surface area (Å²) < 4.78 is 23.5. The van der Waals surface area contributed by atoms with Gasteiger partial charge in [-0.3, -0.25) is 4.79 Å². The van der Waals surface area contributed by atoms with E-state index in [1.54, 1.807) is 20.8 Å². The van der Waals surface area contributed by atoms with Crippen molar-refractivity contribution in [2.75, 3.05) is 25.5 Å². The number of benzene rings is 1. The first-order chi connectivity index (χ1) is 15.1. The number of amides is 1. The van der Waals surface area contributed by atoms with Crippen LogP contribution >= 0.6 is 0 Å². The van der Waals surface area contributed by atoms with Crippen molar-refractivity contribution in [3.05, 3.63) is 41.7 Å². The molecule has 1 aromatic carbocycles. The minimum absolute atomic E-state index is 0.0526. The van der Waals surface area contributed by atoms with Gasteiger partial charge in [0.2, 0.25) is 0 Å². The number of methoxy groups -OCH3 is 1. The van der Waals surface area contributed by atoms with Crippen LogP contribution in [0.1, 0.15) is 64.9 Å². The smallest absolute Gasteiger partial charge is 0.407 e. The van der Waals surface area contributed by atoms with Crippen LogP contribution in [0.5, 0.6) is 0 Å². The second-order valence-corrected chi connectivity index (χ2v) is 10.1. The van der Waals surface area contributed by atoms with Gasteiger partial charge in [0.05, 0.1) is 18.9 Å². The number of alkyl carbamates (subject to hydrolysis) is 1. The third-order valence-corrected chi connectivity index (χ3v) is 6.89. The minimum Gasteiger partial charge on any atom is -0.469 e. The molecular weight excluding hydrogens is 411 g/mol. The maximum atomic E-state index is 13.2. The third kappa shape index (κ3) is 5.43. The molecule has 3 aliphatic carbocycles. The van der Waals surface area contributed by atoms with Gasteiger partial charge in [0.1, 0.15) is 5.60 Å². The number of halogens is 1. The molecule has 3 saturated carbocycles. The highest BCUT2D eigenvalue weighted by Gasteiger charge is 2.53. The fourth-order valence-corrected chi connectivity index (χ4v) is 4.94. The van der Waals surface area contributed by atoms with Crippen molar-refractivity contribution in [2.24, 2.45) is 5.41 Å². The first-order valence-corrected chi connectivity index (χ1v) is 11.3. The molecule has 0 spiro atoms. The van der Waals surface area contributed by atoms with Gasteiger partial charge in [-0.05, 0) is 88.0 Å². The SMILES string of the molecule is COC(=O)C12CCC(c3ccc(NC/C(=C/F)CNC(=O)OC(C)(C)C)cc3)(CC1)CC2. The molecule has 1 amide bonds. The molecule has 6 nitrogen and oxygen atoms in total. The third-order valence-electron chi connectivity index (χ3n) is 6.89. The van der Waals surface area contributed by atoms with Crippen molar-refractivity contribution in [3.8, 4) is 0 Å². The average Bonchev–Trinajstić information content (AvgIpc) is 2.79. The number of carbonyl (C=O) groups excluding carboxylic acids is 2. The molecule has 0 saturated heterocycles. The summed E-state index contributed by atoms with van der Waals surface area (Å²) >= 11 is 0. The standard InChI is InChI=1S/C25H35FN2O4/c1-23(2,3)32-22(30)28-17-18(15-26)16-27-20-7-5-19(6-8-20)24-9-12-25(13-10-24,14-11-24)21(29)31-4/h5-8,15,27H,9-14,16-17H2,1-4H3,(H,28,30)/b18-15-. The lowest BCUT2D eigenvalue weighted by Gasteiger charge is -2.52. The van der Waals surface area contributed by atoms with Crippen molar-refractivity contribution in [3.63, 3.8) is 0 Å². The Kier molecular flexibility index (Phi) is 7.16. The van der Waals surface area contributed by atoms with Crippen molar-refractivity contribution < 1.29 is 23.5 Å². The van der Waals surface area contributed by atoms with Gasteiger partial charge in [-0.1, -0.05) is 12.1 Å². The molecule has 176 valence electrons. The Bertz CT molecular complexity index is 833. The Morgan fingerprint density at radius 1 is 1.03 bits per heavy atom. The van der Waals surface area contributed by atoms with Crippen LogP contribution in [0.3, 0.4) is 0 Å². The summed E-state index contributed by atoms with van der Waals surface area (Å²) in [6.07, 6.45) is 5.59. The zero-order chi connectivity index (χ0) is 23.4. The number of carbonyl (C=O) groups is 2. The second kappa shape index (κ2) is 9.51. The molecule has 2 bridgehead atoms. The van der Waals surface area contributed by atoms with Gasteiger partial charge in [0.15, 0.2) is 0 Å². The first-order valence-electron chi connectivity index (χ1n) is 11.3. The molecule has 0 unspecified atom stereocenters. The van der Waals surface area contributed by atoms with E-state index in [9.17, 15) is 14.0 Å². The zero-order valence-corrected chi connectivity index (χ0v) is 19.6. The lowest BCUT2D eigenvalue weighted by Crippen LogP contribution is -2.48. The van der Waals surface area contributed by atoms with E-state index >= 15 is 0 Å². The van der Waals surface area contributed by atoms with Gasteiger partial charge in [-0.15, -0.1) is 0 Å². The zero-order valence-electron chi connectivity index (χ0n) is 19.6. The van der Waals surface area contributed by atoms with Crippen LogP contribution in [0.2, 0.25) is 0 Å². The predicted octanol–water partition coefficient (Wildman–Crippen LogP) is 5.24. The molecule has 2 N–H and O–H groups in total. The van der Waals surface area contributed by atoms with Crippen LogP contribution in [-0.4, -0.2) is 37.9 Å². The molecular formula is C25H35FN2O4. The summed E-state index contributed by atoms with van der Waals surface area (Å²) in [5.41, 5.74) is 1.86. The van der Waals surface area contributed by atoms with Gasteiger partial charge in [-0.2, -0.15) is 0 Å². The van der Waals surface area contributed by atoms with E-state index in [1.807, 2.05) is 12.1 Å². The van der Waals surface area contributed by atoms with Gasteiger partial charge in [0, 0.05) is 18.8 Å². The van der Waals surface area contributed by atoms with Crippen LogP contribution in [0.4, 0.5) is 14.9 Å². The topological polar surface area (TPSA) is 76.7 Å². The van der Waals surface area contributed by atoms with E-state index in [-0.39, 0.29) is 29.9 Å². The molecule has 0 aliphatic heterocycles. The van der Waals surface area contributed by atoms with Gasteiger partial charge in [0.25, 0.3) is 0 Å². The van der Waals surface area contributed by atoms with E-state index in [1.165, 1.54) is 12.7 Å². The number of hydrogen-bond acceptors (Lipinski definition) is 5. The average molecular weight is 447 g/mol. The number of fused-ring (bicyclic) bond motifs is 3. The molecule has 0 atom stereocenters. The summed E-state index contributed by atoms with van der Waals surface area (Å²) in [5, 5.41) is 5.77. The van der Waals surface area contributed by atoms with E-state index in [0.29, 0.717) is 11.9 Å². The van der Waals surface area contributed by atoms with Gasteiger partial charge < -0.3 is 20.1 Å². The Labute approximate surface area is 189 Å². The van der Waals surface area contributed by atoms with Crippen molar-refractivity contribution >= 4 is 17.7 Å². The molecule has 3 aliphatic rings. The molecule has 7 heteroatoms. The summed E-state index contributed by atoms with van der Waals surface area (Å²) in [7, 11) is 1.48. The minimum atomic E-state index is -0.597. The Morgan fingerprint density at radius 2 is 1.62 bits per heavy atom. The number of esters is 1. The van der Waals surface area contributed by atoms with E-state index < -0.39 is 11.7 Å². The van der Waals surface area contributed by atoms with Crippen LogP contribution in [0.15, 0.2) is 36.2 Å². The summed E-state index contributed by atoms with van der Waals surface area (Å²) in [6.45, 7) is 5.68. The molecule has 4 rings (SSSR count). The number of nitrogens with one attached hydrogen (secondary N) is 2. The maximum Gasteiger partial charge on any atom is 0.407 e. The van der Waals surface area contributed by atoms with Crippen LogP contribution < -0.4 is 10.6 Å². The summed E-state index contributed by atoms with van der Waals surface area (Å²) in [5.74, 6) is -0.0526. The fraction of sp³-hybridized carbons (Fsp3) is 0.600. The van der Waals surface area contributed by atoms with Crippen LogP contribution in [0, 0.1) is 5.41 Å². The predicted molar refractivity (Wildman–Crippen MR) is 122 cm³/mol. The number of rotatable bonds is 7. The highest BCUT2D eigenvalue weighted by atomic mass is 19.1. The van der Waals surface area contributed by atoms with E-state index in [4.69, 9.17) is 9.47 Å². The van der Waals surface area contributed by atoms with Crippen molar-refractivity contribution in [1.29, 1.82) is 0 Å². The number of hydrogen-bond donors (Lipinski definition) is 2. The normalized spacial score (nSPS) is 25.2. The lowest BCUT2D eigenvalue weighted by molar-refractivity contribution is -0.160. The maximum absolute atomic E-state index is 13.2. The van der Waals surface area contributed by atoms with Crippen molar-refractivity contribution in [1.82, 2.24) is 5.32 Å². The highest BCUT2D eigenvalue weighted by Crippen LogP contribution is 2.58. The molecule has 32 heavy (non-hydrogen) atoms. The lowest BCUT2D eigenvalue weighted by atomic mass is 9.52. The Balaban J connectivity index is 1.52. The largest absolute Gasteiger partial charge is 0.469 e. The number of ether oxygens (including phenoxy) is 2. The monoisotopic (exact) mass is 446 g/mol. The molecule has 1 aromatic rings. The molecule has 0 radical (unpaired) electrons. The Hall–Kier alpha value is -2.57. The fourth-order valence-electron chi connectivity index (χ4n) is 4.94. The summed E-state index contributed by atoms with van der Waals surface area (Å²) in [4.78, 5) is 24.0. The van der Waals surface area contributed by atoms with Crippen molar-refractivity contribution in [2.45, 2.75) is 70.3 Å². The molecule has 0 aromatic heterocycles. The second-order valence-electron chi connectivity index (χ2n) is 10.1. The van der Waals surface area contributed by atoms with Crippen LogP contribution in [0.25, 0.3) is 0 Å². The Morgan fingerprint density at radius 3 is 2.12 bits per heavy atom. The van der Waals surface area contributed by atoms with Crippen LogP contribution in [-0.2, 0) is 19.7 Å². The first kappa shape index (κ1) is 24.1. The quantitative estimate of drug-likeness (QED) is 0.560. The molecule has 0 heterocycles.